The Morgan fingerprint density at radius 1 is 1.33 bits per heavy atom. The molecule has 0 spiro atoms. The van der Waals surface area contributed by atoms with Crippen LogP contribution < -0.4 is 10.5 Å². The predicted molar refractivity (Wildman–Crippen MR) is 79.7 cm³/mol. The van der Waals surface area contributed by atoms with Crippen LogP contribution >= 0.6 is 23.2 Å². The van der Waals surface area contributed by atoms with E-state index < -0.39 is 10.0 Å². The van der Waals surface area contributed by atoms with E-state index in [2.05, 4.69) is 26.2 Å². The number of anilines is 1. The zero-order chi connectivity index (χ0) is 15.5. The second kappa shape index (κ2) is 6.37. The van der Waals surface area contributed by atoms with E-state index in [1.807, 2.05) is 0 Å². The van der Waals surface area contributed by atoms with Gasteiger partial charge in [-0.05, 0) is 12.1 Å². The van der Waals surface area contributed by atoms with Crippen molar-refractivity contribution in [3.05, 3.63) is 40.1 Å². The maximum atomic E-state index is 12.2. The maximum absolute atomic E-state index is 12.2. The molecule has 1 heterocycles. The van der Waals surface area contributed by atoms with Gasteiger partial charge in [-0.15, -0.1) is 0 Å². The highest BCUT2D eigenvalue weighted by molar-refractivity contribution is 7.93. The summed E-state index contributed by atoms with van der Waals surface area (Å²) in [6.07, 6.45) is 1.23. The number of hydrogen-bond acceptors (Lipinski definition) is 5. The minimum Gasteiger partial charge on any atom is -0.363 e. The van der Waals surface area contributed by atoms with Crippen LogP contribution in [0.1, 0.15) is 5.56 Å². The lowest BCUT2D eigenvalue weighted by molar-refractivity contribution is 0.423. The van der Waals surface area contributed by atoms with Gasteiger partial charge in [-0.1, -0.05) is 40.2 Å². The zero-order valence-electron chi connectivity index (χ0n) is 10.4. The van der Waals surface area contributed by atoms with Gasteiger partial charge in [0.25, 0.3) is 10.0 Å². The monoisotopic (exact) mass is 345 g/mol. The number of nitrogens with zero attached hydrogens (tertiary/aromatic N) is 1. The number of rotatable bonds is 3. The van der Waals surface area contributed by atoms with E-state index in [1.54, 1.807) is 0 Å². The highest BCUT2D eigenvalue weighted by Crippen LogP contribution is 2.31. The molecule has 0 unspecified atom stereocenters. The molecule has 0 saturated heterocycles. The Bertz CT molecular complexity index is 785. The normalized spacial score (nSPS) is 10.8. The lowest BCUT2D eigenvalue weighted by Crippen LogP contribution is -2.14. The molecule has 0 radical (unpaired) electrons. The van der Waals surface area contributed by atoms with Crippen molar-refractivity contribution in [2.75, 3.05) is 11.3 Å². The van der Waals surface area contributed by atoms with Gasteiger partial charge in [0, 0.05) is 11.6 Å². The molecule has 0 fully saturated rings. The van der Waals surface area contributed by atoms with E-state index >= 15 is 0 Å². The van der Waals surface area contributed by atoms with Crippen LogP contribution in [0, 0.1) is 11.8 Å². The van der Waals surface area contributed by atoms with E-state index in [1.165, 1.54) is 24.5 Å². The number of hydrogen-bond donors (Lipinski definition) is 2. The van der Waals surface area contributed by atoms with Crippen molar-refractivity contribution in [3.8, 4) is 11.8 Å². The van der Waals surface area contributed by atoms with Crippen LogP contribution in [0.2, 0.25) is 10.0 Å². The quantitative estimate of drug-likeness (QED) is 0.830. The number of sulfonamides is 1. The van der Waals surface area contributed by atoms with Crippen molar-refractivity contribution in [1.29, 1.82) is 0 Å². The van der Waals surface area contributed by atoms with Crippen LogP contribution in [0.3, 0.4) is 0 Å². The molecule has 110 valence electrons. The third-order valence-electron chi connectivity index (χ3n) is 2.28. The number of nitrogens with one attached hydrogen (secondary N) is 1. The van der Waals surface area contributed by atoms with Crippen LogP contribution in [0.25, 0.3) is 0 Å². The molecule has 0 atom stereocenters. The average molecular weight is 346 g/mol. The predicted octanol–water partition coefficient (Wildman–Crippen LogP) is 2.09. The van der Waals surface area contributed by atoms with Gasteiger partial charge in [0.1, 0.15) is 11.2 Å². The summed E-state index contributed by atoms with van der Waals surface area (Å²) in [5.41, 5.74) is 5.73. The van der Waals surface area contributed by atoms with Crippen molar-refractivity contribution in [3.63, 3.8) is 0 Å². The van der Waals surface area contributed by atoms with Gasteiger partial charge in [-0.25, -0.2) is 8.42 Å². The van der Waals surface area contributed by atoms with Crippen molar-refractivity contribution < 1.29 is 12.9 Å². The highest BCUT2D eigenvalue weighted by Gasteiger charge is 2.23. The number of halogens is 2. The topological polar surface area (TPSA) is 98.2 Å². The molecule has 2 rings (SSSR count). The van der Waals surface area contributed by atoms with Crippen molar-refractivity contribution in [2.24, 2.45) is 5.73 Å². The van der Waals surface area contributed by atoms with Crippen LogP contribution in [0.4, 0.5) is 5.82 Å². The SMILES string of the molecule is NCC#Cc1cc(Cl)c(S(=O)(=O)Nc2ccon2)c(Cl)c1. The van der Waals surface area contributed by atoms with Crippen LogP contribution in [-0.2, 0) is 10.0 Å². The Balaban J connectivity index is 2.44. The van der Waals surface area contributed by atoms with E-state index in [4.69, 9.17) is 28.9 Å². The van der Waals surface area contributed by atoms with Gasteiger partial charge in [-0.2, -0.15) is 0 Å². The number of aromatic nitrogens is 1. The summed E-state index contributed by atoms with van der Waals surface area (Å²) in [6.45, 7) is 0.170. The summed E-state index contributed by atoms with van der Waals surface area (Å²) < 4.78 is 31.2. The first-order chi connectivity index (χ1) is 9.94. The molecule has 0 amide bonds. The van der Waals surface area contributed by atoms with Gasteiger partial charge in [0.15, 0.2) is 5.82 Å². The Kier molecular flexibility index (Phi) is 4.75. The molecular formula is C12H9Cl2N3O3S. The largest absolute Gasteiger partial charge is 0.363 e. The number of nitrogens with two attached hydrogens (primary N) is 1. The second-order valence-corrected chi connectivity index (χ2v) is 6.20. The molecule has 0 saturated carbocycles. The summed E-state index contributed by atoms with van der Waals surface area (Å²) in [4.78, 5) is -0.257. The fraction of sp³-hybridized carbons (Fsp3) is 0.0833. The lowest BCUT2D eigenvalue weighted by atomic mass is 10.2. The standard InChI is InChI=1S/C12H9Cl2N3O3S/c13-9-6-8(2-1-4-15)7-10(14)12(9)21(18,19)17-11-3-5-20-16-11/h3,5-7H,4,15H2,(H,16,17). The molecule has 1 aromatic heterocycles. The minimum atomic E-state index is -3.99. The Morgan fingerprint density at radius 2 is 2.00 bits per heavy atom. The smallest absolute Gasteiger partial charge is 0.266 e. The fourth-order valence-corrected chi connectivity index (χ4v) is 3.71. The molecule has 0 aliphatic rings. The molecule has 0 bridgehead atoms. The van der Waals surface area contributed by atoms with Gasteiger partial charge in [0.05, 0.1) is 16.6 Å². The van der Waals surface area contributed by atoms with Gasteiger partial charge in [0.2, 0.25) is 0 Å². The van der Waals surface area contributed by atoms with E-state index in [0.29, 0.717) is 5.56 Å². The second-order valence-electron chi connectivity index (χ2n) is 3.77. The zero-order valence-corrected chi connectivity index (χ0v) is 12.8. The fourth-order valence-electron chi connectivity index (χ4n) is 1.50. The minimum absolute atomic E-state index is 0.0223. The van der Waals surface area contributed by atoms with Crippen LogP contribution in [-0.4, -0.2) is 20.1 Å². The molecule has 0 aliphatic heterocycles. The third kappa shape index (κ3) is 3.68. The molecule has 6 nitrogen and oxygen atoms in total. The lowest BCUT2D eigenvalue weighted by Gasteiger charge is -2.09. The van der Waals surface area contributed by atoms with E-state index in [-0.39, 0.29) is 27.3 Å². The molecular weight excluding hydrogens is 337 g/mol. The van der Waals surface area contributed by atoms with Crippen LogP contribution in [0.5, 0.6) is 0 Å². The van der Waals surface area contributed by atoms with Crippen molar-refractivity contribution in [2.45, 2.75) is 4.90 Å². The van der Waals surface area contributed by atoms with Gasteiger partial charge in [-0.3, -0.25) is 4.72 Å². The van der Waals surface area contributed by atoms with Crippen LogP contribution in [0.15, 0.2) is 33.9 Å². The molecule has 3 N–H and O–H groups in total. The first-order valence-electron chi connectivity index (χ1n) is 5.55. The maximum Gasteiger partial charge on any atom is 0.266 e. The van der Waals surface area contributed by atoms with E-state index in [9.17, 15) is 8.42 Å². The van der Waals surface area contributed by atoms with E-state index in [0.717, 1.165) is 0 Å². The Labute approximate surface area is 131 Å². The van der Waals surface area contributed by atoms with Crippen molar-refractivity contribution in [1.82, 2.24) is 5.16 Å². The first kappa shape index (κ1) is 15.7. The highest BCUT2D eigenvalue weighted by atomic mass is 35.5. The first-order valence-corrected chi connectivity index (χ1v) is 7.79. The molecule has 21 heavy (non-hydrogen) atoms. The summed E-state index contributed by atoms with van der Waals surface area (Å²) in [5, 5.41) is 3.35. The van der Waals surface area contributed by atoms with Crippen molar-refractivity contribution >= 4 is 39.0 Å². The van der Waals surface area contributed by atoms with Gasteiger partial charge >= 0.3 is 0 Å². The summed E-state index contributed by atoms with van der Waals surface area (Å²) in [5.74, 6) is 5.37. The molecule has 2 aromatic rings. The van der Waals surface area contributed by atoms with Gasteiger partial charge < -0.3 is 10.3 Å². The average Bonchev–Trinajstić information content (AvgIpc) is 2.87. The molecule has 9 heteroatoms. The summed E-state index contributed by atoms with van der Waals surface area (Å²) in [6, 6.07) is 4.14. The summed E-state index contributed by atoms with van der Waals surface area (Å²) >= 11 is 12.0. The summed E-state index contributed by atoms with van der Waals surface area (Å²) in [7, 11) is -3.99. The Morgan fingerprint density at radius 3 is 2.52 bits per heavy atom. The number of benzene rings is 1. The third-order valence-corrected chi connectivity index (χ3v) is 4.55. The molecule has 0 aliphatic carbocycles. The Hall–Kier alpha value is -1.72. The molecule has 1 aromatic carbocycles.